The quantitative estimate of drug-likeness (QED) is 0.667. The van der Waals surface area contributed by atoms with E-state index in [1.807, 2.05) is 0 Å². The molecule has 77 valence electrons. The first-order valence-corrected chi connectivity index (χ1v) is 6.38. The number of hydrogen-bond acceptors (Lipinski definition) is 4. The van der Waals surface area contributed by atoms with Crippen molar-refractivity contribution >= 4 is 20.0 Å². The van der Waals surface area contributed by atoms with Crippen molar-refractivity contribution in [3.63, 3.8) is 0 Å². The molecule has 1 aromatic carbocycles. The number of nitrogens with two attached hydrogens (primary N) is 2. The maximum Gasteiger partial charge on any atom is 0.238 e. The Morgan fingerprint density at radius 3 is 1.57 bits per heavy atom. The summed E-state index contributed by atoms with van der Waals surface area (Å²) in [6.45, 7) is 0. The van der Waals surface area contributed by atoms with E-state index in [2.05, 4.69) is 6.07 Å². The molecule has 0 bridgehead atoms. The number of primary sulfonamides is 2. The van der Waals surface area contributed by atoms with Crippen LogP contribution < -0.4 is 10.3 Å². The molecule has 14 heavy (non-hydrogen) atoms. The van der Waals surface area contributed by atoms with Crippen LogP contribution in [0.3, 0.4) is 0 Å². The van der Waals surface area contributed by atoms with E-state index in [1.165, 1.54) is 6.07 Å². The summed E-state index contributed by atoms with van der Waals surface area (Å²) in [4.78, 5) is -0.826. The summed E-state index contributed by atoms with van der Waals surface area (Å²) in [6, 6.07) is 5.57. The molecule has 0 fully saturated rings. The second-order valence-electron chi connectivity index (χ2n) is 2.47. The lowest BCUT2D eigenvalue weighted by Gasteiger charge is -1.99. The van der Waals surface area contributed by atoms with E-state index >= 15 is 0 Å². The van der Waals surface area contributed by atoms with Crippen molar-refractivity contribution in [3.8, 4) is 0 Å². The summed E-state index contributed by atoms with van der Waals surface area (Å²) < 4.78 is 43.3. The van der Waals surface area contributed by atoms with Crippen LogP contribution in [0.4, 0.5) is 0 Å². The van der Waals surface area contributed by atoms with Gasteiger partial charge in [-0.05, 0) is 12.1 Å². The molecule has 0 heterocycles. The summed E-state index contributed by atoms with van der Waals surface area (Å²) in [5.41, 5.74) is 0. The van der Waals surface area contributed by atoms with E-state index in [9.17, 15) is 16.8 Å². The van der Waals surface area contributed by atoms with Crippen molar-refractivity contribution in [1.29, 1.82) is 0 Å². The van der Waals surface area contributed by atoms with Crippen molar-refractivity contribution in [2.45, 2.75) is 9.79 Å². The van der Waals surface area contributed by atoms with E-state index in [0.717, 1.165) is 12.1 Å². The van der Waals surface area contributed by atoms with Crippen LogP contribution in [0.5, 0.6) is 0 Å². The minimum absolute atomic E-state index is 0.413. The average Bonchev–Trinajstić information content (AvgIpc) is 2.01. The van der Waals surface area contributed by atoms with Crippen LogP contribution in [0.15, 0.2) is 28.0 Å². The highest BCUT2D eigenvalue weighted by molar-refractivity contribution is 7.90. The van der Waals surface area contributed by atoms with E-state index in [-0.39, 0.29) is 0 Å². The zero-order valence-corrected chi connectivity index (χ0v) is 8.47. The fourth-order valence-electron chi connectivity index (χ4n) is 0.760. The van der Waals surface area contributed by atoms with Crippen molar-refractivity contribution < 1.29 is 16.8 Å². The molecule has 8 heteroatoms. The predicted octanol–water partition coefficient (Wildman–Crippen LogP) is -1.22. The predicted molar refractivity (Wildman–Crippen MR) is 48.0 cm³/mol. The Morgan fingerprint density at radius 2 is 1.29 bits per heavy atom. The zero-order valence-electron chi connectivity index (χ0n) is 6.84. The van der Waals surface area contributed by atoms with Crippen molar-refractivity contribution in [2.24, 2.45) is 10.3 Å². The molecule has 0 saturated carbocycles. The summed E-state index contributed by atoms with van der Waals surface area (Å²) in [5, 5.41) is 9.55. The first-order chi connectivity index (χ1) is 6.21. The molecular formula is C6H7N2O4S2. The van der Waals surface area contributed by atoms with Gasteiger partial charge < -0.3 is 0 Å². The van der Waals surface area contributed by atoms with E-state index < -0.39 is 29.8 Å². The normalized spacial score (nSPS) is 12.7. The molecule has 0 aliphatic heterocycles. The summed E-state index contributed by atoms with van der Waals surface area (Å²) >= 11 is 0. The number of rotatable bonds is 2. The molecule has 6 nitrogen and oxygen atoms in total. The smallest absolute Gasteiger partial charge is 0.225 e. The van der Waals surface area contributed by atoms with Gasteiger partial charge in [0.05, 0.1) is 9.79 Å². The fourth-order valence-corrected chi connectivity index (χ4v) is 1.87. The molecule has 0 aromatic heterocycles. The maximum absolute atomic E-state index is 10.8. The maximum atomic E-state index is 10.8. The molecule has 1 aromatic rings. The monoisotopic (exact) mass is 235 g/mol. The van der Waals surface area contributed by atoms with Crippen LogP contribution in [0.2, 0.25) is 0 Å². The average molecular weight is 235 g/mol. The first kappa shape index (κ1) is 11.1. The lowest BCUT2D eigenvalue weighted by molar-refractivity contribution is 0.595. The van der Waals surface area contributed by atoms with Crippen LogP contribution in [-0.4, -0.2) is 16.8 Å². The molecule has 0 aliphatic carbocycles. The summed E-state index contributed by atoms with van der Waals surface area (Å²) in [5.74, 6) is 0. The van der Waals surface area contributed by atoms with Gasteiger partial charge in [0.2, 0.25) is 20.0 Å². The molecule has 0 spiro atoms. The molecule has 4 N–H and O–H groups in total. The summed E-state index contributed by atoms with van der Waals surface area (Å²) in [6.07, 6.45) is 0. The summed E-state index contributed by atoms with van der Waals surface area (Å²) in [7, 11) is -7.92. The van der Waals surface area contributed by atoms with Crippen LogP contribution in [0.1, 0.15) is 0 Å². The Hall–Kier alpha value is -0.960. The number of benzene rings is 1. The highest BCUT2D eigenvalue weighted by Crippen LogP contribution is 2.11. The van der Waals surface area contributed by atoms with Gasteiger partial charge in [-0.1, -0.05) is 6.07 Å². The lowest BCUT2D eigenvalue weighted by atomic mass is 10.4. The highest BCUT2D eigenvalue weighted by atomic mass is 32.2. The van der Waals surface area contributed by atoms with E-state index in [1.54, 1.807) is 0 Å². The van der Waals surface area contributed by atoms with E-state index in [4.69, 9.17) is 10.3 Å². The molecule has 0 atom stereocenters. The Balaban J connectivity index is 3.44. The second-order valence-corrected chi connectivity index (χ2v) is 5.53. The Morgan fingerprint density at radius 1 is 0.929 bits per heavy atom. The van der Waals surface area contributed by atoms with Crippen LogP contribution in [-0.2, 0) is 20.0 Å². The second kappa shape index (κ2) is 3.31. The molecule has 0 saturated heterocycles. The molecule has 1 radical (unpaired) electrons. The Bertz CT molecular complexity index is 500. The van der Waals surface area contributed by atoms with Crippen molar-refractivity contribution in [2.75, 3.05) is 0 Å². The standard InChI is InChI=1S/C6H7N2O4S2/c7-13(9,10)5-2-1-3-6(4-5)14(8,11)12/h1-3H,(H2,7,9,10)(H2,8,11,12). The number of hydrogen-bond donors (Lipinski definition) is 2. The SMILES string of the molecule is NS(=O)(=O)c1[c]c(S(N)(=O)=O)ccc1. The van der Waals surface area contributed by atoms with Crippen molar-refractivity contribution in [1.82, 2.24) is 0 Å². The Kier molecular flexibility index (Phi) is 2.63. The van der Waals surface area contributed by atoms with Gasteiger partial charge in [0.25, 0.3) is 0 Å². The minimum Gasteiger partial charge on any atom is -0.225 e. The van der Waals surface area contributed by atoms with Gasteiger partial charge in [0.1, 0.15) is 0 Å². The third kappa shape index (κ3) is 2.51. The molecular weight excluding hydrogens is 228 g/mol. The molecule has 0 unspecified atom stereocenters. The van der Waals surface area contributed by atoms with Gasteiger partial charge in [-0.3, -0.25) is 0 Å². The fraction of sp³-hybridized carbons (Fsp3) is 0. The van der Waals surface area contributed by atoms with Crippen molar-refractivity contribution in [3.05, 3.63) is 24.3 Å². The van der Waals surface area contributed by atoms with Crippen LogP contribution in [0.25, 0.3) is 0 Å². The molecule has 0 aliphatic rings. The molecule has 1 rings (SSSR count). The van der Waals surface area contributed by atoms with Gasteiger partial charge >= 0.3 is 0 Å². The first-order valence-electron chi connectivity index (χ1n) is 3.29. The largest absolute Gasteiger partial charge is 0.238 e. The third-order valence-electron chi connectivity index (χ3n) is 1.35. The highest BCUT2D eigenvalue weighted by Gasteiger charge is 2.13. The van der Waals surface area contributed by atoms with Gasteiger partial charge in [0, 0.05) is 6.07 Å². The Labute approximate surface area is 81.6 Å². The van der Waals surface area contributed by atoms with Gasteiger partial charge in [-0.25, -0.2) is 27.1 Å². The van der Waals surface area contributed by atoms with Crippen LogP contribution >= 0.6 is 0 Å². The third-order valence-corrected chi connectivity index (χ3v) is 3.06. The van der Waals surface area contributed by atoms with Gasteiger partial charge in [0.15, 0.2) is 0 Å². The van der Waals surface area contributed by atoms with Crippen LogP contribution in [0, 0.1) is 6.07 Å². The lowest BCUT2D eigenvalue weighted by Crippen LogP contribution is -2.16. The van der Waals surface area contributed by atoms with Gasteiger partial charge in [-0.2, -0.15) is 0 Å². The van der Waals surface area contributed by atoms with E-state index in [0.29, 0.717) is 0 Å². The van der Waals surface area contributed by atoms with Gasteiger partial charge in [-0.15, -0.1) is 0 Å². The minimum atomic E-state index is -3.96. The zero-order chi connectivity index (χ0) is 11.0. The topological polar surface area (TPSA) is 120 Å². The number of sulfonamides is 2. The molecule has 0 amide bonds.